The molecule has 0 fully saturated rings. The normalized spacial score (nSPS) is 13.6. The van der Waals surface area contributed by atoms with Gasteiger partial charge in [0, 0.05) is 6.54 Å². The highest BCUT2D eigenvalue weighted by molar-refractivity contribution is 7.92. The number of hydrogen-bond donors (Lipinski definition) is 1. The third kappa shape index (κ3) is 5.11. The molecule has 1 N–H and O–H groups in total. The summed E-state index contributed by atoms with van der Waals surface area (Å²) in [6.45, 7) is 3.83. The molecular formula is C27H30N2O6S. The molecule has 1 amide bonds. The van der Waals surface area contributed by atoms with Crippen LogP contribution in [0.3, 0.4) is 0 Å². The van der Waals surface area contributed by atoms with Gasteiger partial charge in [0.1, 0.15) is 5.75 Å². The van der Waals surface area contributed by atoms with Gasteiger partial charge in [0.15, 0.2) is 18.1 Å². The molecule has 0 saturated heterocycles. The van der Waals surface area contributed by atoms with Gasteiger partial charge in [0.25, 0.3) is 15.9 Å². The van der Waals surface area contributed by atoms with Crippen LogP contribution in [0.15, 0.2) is 65.6 Å². The molecule has 190 valence electrons. The number of methoxy groups -OCH3 is 2. The largest absolute Gasteiger partial charge is 0.493 e. The molecule has 0 radical (unpaired) electrons. The number of hydrogen-bond acceptors (Lipinski definition) is 6. The SMILES string of the molecule is COc1ccc(C(C)NC(=O)COc2ccc(S(=O)(=O)N3CCc4ccccc43)cc2C)cc1OC. The number of nitrogens with one attached hydrogen (secondary N) is 1. The van der Waals surface area contributed by atoms with E-state index in [2.05, 4.69) is 5.32 Å². The number of aryl methyl sites for hydroxylation is 1. The van der Waals surface area contributed by atoms with Crippen LogP contribution < -0.4 is 23.8 Å². The lowest BCUT2D eigenvalue weighted by atomic mass is 10.1. The summed E-state index contributed by atoms with van der Waals surface area (Å²) in [4.78, 5) is 12.7. The first-order valence-corrected chi connectivity index (χ1v) is 13.0. The van der Waals surface area contributed by atoms with Gasteiger partial charge in [-0.25, -0.2) is 8.42 Å². The zero-order chi connectivity index (χ0) is 25.9. The lowest BCUT2D eigenvalue weighted by Gasteiger charge is -2.20. The van der Waals surface area contributed by atoms with Gasteiger partial charge in [0.2, 0.25) is 0 Å². The molecule has 3 aromatic carbocycles. The average Bonchev–Trinajstić information content (AvgIpc) is 3.32. The van der Waals surface area contributed by atoms with E-state index in [-0.39, 0.29) is 23.5 Å². The summed E-state index contributed by atoms with van der Waals surface area (Å²) in [6, 6.07) is 17.4. The molecule has 0 aromatic heterocycles. The van der Waals surface area contributed by atoms with Crippen LogP contribution >= 0.6 is 0 Å². The topological polar surface area (TPSA) is 94.2 Å². The van der Waals surface area contributed by atoms with Crippen molar-refractivity contribution in [1.29, 1.82) is 0 Å². The van der Waals surface area contributed by atoms with Crippen molar-refractivity contribution in [2.75, 3.05) is 31.7 Å². The molecule has 3 aromatic rings. The van der Waals surface area contributed by atoms with E-state index in [0.29, 0.717) is 35.8 Å². The van der Waals surface area contributed by atoms with Crippen LogP contribution in [0.5, 0.6) is 17.2 Å². The number of para-hydroxylation sites is 1. The highest BCUT2D eigenvalue weighted by Gasteiger charge is 2.30. The van der Waals surface area contributed by atoms with E-state index in [4.69, 9.17) is 14.2 Å². The summed E-state index contributed by atoms with van der Waals surface area (Å²) < 4.78 is 44.3. The monoisotopic (exact) mass is 510 g/mol. The molecular weight excluding hydrogens is 480 g/mol. The summed E-state index contributed by atoms with van der Waals surface area (Å²) in [7, 11) is -0.579. The Bertz CT molecular complexity index is 1370. The fraction of sp³-hybridized carbons (Fsp3) is 0.296. The first kappa shape index (κ1) is 25.4. The summed E-state index contributed by atoms with van der Waals surface area (Å²) in [5, 5.41) is 2.89. The Morgan fingerprint density at radius 2 is 1.72 bits per heavy atom. The van der Waals surface area contributed by atoms with Crippen molar-refractivity contribution in [3.05, 3.63) is 77.4 Å². The molecule has 1 atom stereocenters. The van der Waals surface area contributed by atoms with E-state index in [0.717, 1.165) is 16.8 Å². The number of sulfonamides is 1. The molecule has 0 saturated carbocycles. The number of nitrogens with zero attached hydrogens (tertiary/aromatic N) is 1. The Kier molecular flexibility index (Phi) is 7.40. The van der Waals surface area contributed by atoms with Crippen LogP contribution in [0.1, 0.15) is 29.7 Å². The molecule has 0 spiro atoms. The molecule has 1 aliphatic rings. The molecule has 36 heavy (non-hydrogen) atoms. The minimum atomic E-state index is -3.70. The van der Waals surface area contributed by atoms with Crippen LogP contribution in [-0.2, 0) is 21.2 Å². The Balaban J connectivity index is 1.39. The number of rotatable bonds is 9. The smallest absolute Gasteiger partial charge is 0.264 e. The molecule has 0 aliphatic carbocycles. The molecule has 8 nitrogen and oxygen atoms in total. The quantitative estimate of drug-likeness (QED) is 0.467. The third-order valence-corrected chi connectivity index (χ3v) is 8.03. The van der Waals surface area contributed by atoms with Gasteiger partial charge >= 0.3 is 0 Å². The summed E-state index contributed by atoms with van der Waals surface area (Å²) in [6.07, 6.45) is 0.687. The maximum Gasteiger partial charge on any atom is 0.264 e. The predicted molar refractivity (Wildman–Crippen MR) is 137 cm³/mol. The lowest BCUT2D eigenvalue weighted by molar-refractivity contribution is -0.123. The highest BCUT2D eigenvalue weighted by Crippen LogP contribution is 2.34. The number of amides is 1. The van der Waals surface area contributed by atoms with Gasteiger partial charge in [-0.1, -0.05) is 24.3 Å². The first-order valence-electron chi connectivity index (χ1n) is 11.6. The number of fused-ring (bicyclic) bond motifs is 1. The number of anilines is 1. The number of carbonyl (C=O) groups excluding carboxylic acids is 1. The lowest BCUT2D eigenvalue weighted by Crippen LogP contribution is -2.31. The van der Waals surface area contributed by atoms with Crippen LogP contribution in [0, 0.1) is 6.92 Å². The van der Waals surface area contributed by atoms with E-state index in [1.54, 1.807) is 39.3 Å². The molecule has 1 heterocycles. The standard InChI is InChI=1S/C27H30N2O6S/c1-18-15-22(36(31,32)29-14-13-20-7-5-6-8-23(20)29)10-12-24(18)35-17-27(30)28-19(2)21-9-11-25(33-3)26(16-21)34-4/h5-12,15-16,19H,13-14,17H2,1-4H3,(H,28,30). The molecule has 1 aliphatic heterocycles. The molecule has 4 rings (SSSR count). The molecule has 0 bridgehead atoms. The van der Waals surface area contributed by atoms with Gasteiger partial charge in [-0.3, -0.25) is 9.10 Å². The average molecular weight is 511 g/mol. The summed E-state index contributed by atoms with van der Waals surface area (Å²) in [5.74, 6) is 1.33. The van der Waals surface area contributed by atoms with Crippen molar-refractivity contribution < 1.29 is 27.4 Å². The van der Waals surface area contributed by atoms with E-state index in [1.807, 2.05) is 43.3 Å². The van der Waals surface area contributed by atoms with Crippen molar-refractivity contribution >= 4 is 21.6 Å². The second kappa shape index (κ2) is 10.5. The van der Waals surface area contributed by atoms with E-state index >= 15 is 0 Å². The number of carbonyl (C=O) groups is 1. The number of benzene rings is 3. The zero-order valence-corrected chi connectivity index (χ0v) is 21.6. The van der Waals surface area contributed by atoms with Crippen molar-refractivity contribution in [3.63, 3.8) is 0 Å². The maximum absolute atomic E-state index is 13.3. The van der Waals surface area contributed by atoms with Crippen LogP contribution in [0.4, 0.5) is 5.69 Å². The van der Waals surface area contributed by atoms with Gasteiger partial charge in [-0.15, -0.1) is 0 Å². The Morgan fingerprint density at radius 1 is 1.00 bits per heavy atom. The minimum Gasteiger partial charge on any atom is -0.493 e. The summed E-state index contributed by atoms with van der Waals surface area (Å²) in [5.41, 5.74) is 3.22. The molecule has 9 heteroatoms. The van der Waals surface area contributed by atoms with Gasteiger partial charge in [-0.2, -0.15) is 0 Å². The van der Waals surface area contributed by atoms with Crippen LogP contribution in [-0.4, -0.2) is 41.7 Å². The van der Waals surface area contributed by atoms with E-state index in [1.165, 1.54) is 10.4 Å². The van der Waals surface area contributed by atoms with E-state index < -0.39 is 10.0 Å². The van der Waals surface area contributed by atoms with Gasteiger partial charge in [0.05, 0.1) is 30.8 Å². The van der Waals surface area contributed by atoms with Crippen molar-refractivity contribution in [1.82, 2.24) is 5.32 Å². The Labute approximate surface area is 211 Å². The fourth-order valence-corrected chi connectivity index (χ4v) is 5.85. The van der Waals surface area contributed by atoms with Crippen molar-refractivity contribution in [3.8, 4) is 17.2 Å². The Hall–Kier alpha value is -3.72. The number of ether oxygens (including phenoxy) is 3. The second-order valence-electron chi connectivity index (χ2n) is 8.58. The first-order chi connectivity index (χ1) is 17.2. The van der Waals surface area contributed by atoms with Gasteiger partial charge < -0.3 is 19.5 Å². The predicted octanol–water partition coefficient (Wildman–Crippen LogP) is 4.02. The van der Waals surface area contributed by atoms with Crippen LogP contribution in [0.2, 0.25) is 0 Å². The molecule has 1 unspecified atom stereocenters. The van der Waals surface area contributed by atoms with Gasteiger partial charge in [-0.05, 0) is 73.4 Å². The zero-order valence-electron chi connectivity index (χ0n) is 20.8. The van der Waals surface area contributed by atoms with Crippen LogP contribution in [0.25, 0.3) is 0 Å². The Morgan fingerprint density at radius 3 is 2.44 bits per heavy atom. The third-order valence-electron chi connectivity index (χ3n) is 6.22. The van der Waals surface area contributed by atoms with Crippen molar-refractivity contribution in [2.45, 2.75) is 31.2 Å². The van der Waals surface area contributed by atoms with Crippen molar-refractivity contribution in [2.24, 2.45) is 0 Å². The maximum atomic E-state index is 13.3. The second-order valence-corrected chi connectivity index (χ2v) is 10.4. The van der Waals surface area contributed by atoms with E-state index in [9.17, 15) is 13.2 Å². The minimum absolute atomic E-state index is 0.190. The fourth-order valence-electron chi connectivity index (χ4n) is 4.26. The highest BCUT2D eigenvalue weighted by atomic mass is 32.2. The summed E-state index contributed by atoms with van der Waals surface area (Å²) >= 11 is 0.